The molecule has 2 bridgehead atoms. The molecule has 1 unspecified atom stereocenters. The molecular formula is C43H52N8O8. The van der Waals surface area contributed by atoms with E-state index >= 15 is 0 Å². The molecule has 4 amide bonds. The maximum Gasteiger partial charge on any atom is 0.407 e. The van der Waals surface area contributed by atoms with E-state index in [0.717, 1.165) is 90.2 Å². The Morgan fingerprint density at radius 1 is 0.763 bits per heavy atom. The number of hydrogen-bond acceptors (Lipinski definition) is 10. The Hall–Kier alpha value is -5.90. The molecule has 16 nitrogen and oxygen atoms in total. The molecule has 4 N–H and O–H groups in total. The number of hydrogen-bond donors (Lipinski definition) is 4. The average Bonchev–Trinajstić information content (AvgIpc) is 4.12. The van der Waals surface area contributed by atoms with Crippen molar-refractivity contribution in [2.24, 2.45) is 5.92 Å². The van der Waals surface area contributed by atoms with E-state index in [0.29, 0.717) is 45.0 Å². The Labute approximate surface area is 342 Å². The van der Waals surface area contributed by atoms with Crippen molar-refractivity contribution in [1.82, 2.24) is 40.4 Å². The number of aromatic nitrogens is 4. The number of aromatic amines is 2. The van der Waals surface area contributed by atoms with Crippen LogP contribution in [0, 0.1) is 5.92 Å². The number of carbonyl (C=O) groups excluding carboxylic acids is 4. The number of methoxy groups -OCH3 is 2. The van der Waals surface area contributed by atoms with Crippen LogP contribution in [0.15, 0.2) is 54.9 Å². The highest BCUT2D eigenvalue weighted by molar-refractivity contribution is 5.86. The largest absolute Gasteiger partial charge is 0.493 e. The predicted molar refractivity (Wildman–Crippen MR) is 216 cm³/mol. The normalized spacial score (nSPS) is 23.6. The summed E-state index contributed by atoms with van der Waals surface area (Å²) in [5.41, 5.74) is 5.53. The standard InChI is InChI=1S/C43H52N8O8/c1-56-42(54)46-30-15-13-29(21-30)40(52)50-17-5-7-35(50)38-44-23-32(47-38)27-11-9-26(10-12-27)28-14-16-31-33-24-45-39(48-33)36-8-6-18-51(36)41(53)34(49-43(55)57-2)25-58-19-3-4-20-59-37(31)22-28/h9-12,14,16,22-24,29-30,34-36H,3-8,13,15,17-21,25H2,1-2H3,(H,44,47)(H,45,48)(H,46,54)(H,49,55)/t29?,30-,34+,35+,36+/m1/s1. The number of H-pyrrole nitrogens is 2. The van der Waals surface area contributed by atoms with Crippen molar-refractivity contribution in [1.29, 1.82) is 0 Å². The van der Waals surface area contributed by atoms with Crippen LogP contribution in [0.1, 0.15) is 81.5 Å². The van der Waals surface area contributed by atoms with Crippen LogP contribution in [-0.4, -0.2) is 113 Å². The molecule has 59 heavy (non-hydrogen) atoms. The van der Waals surface area contributed by atoms with Gasteiger partial charge in [-0.15, -0.1) is 0 Å². The SMILES string of the molecule is COC(=O)N[C@@H]1CCC(C(=O)N2CCC[C@H]2c2ncc(-c3ccc(-c4ccc5c(c4)OCCCCOC[C@H](NC(=O)OC)C(=O)N4CCC[C@H]4c4ncc-5[nH]4)cc3)[nH]2)C1. The zero-order valence-electron chi connectivity index (χ0n) is 33.5. The molecule has 3 aliphatic heterocycles. The van der Waals surface area contributed by atoms with Gasteiger partial charge in [-0.1, -0.05) is 30.3 Å². The van der Waals surface area contributed by atoms with E-state index in [1.807, 2.05) is 17.2 Å². The van der Waals surface area contributed by atoms with E-state index in [4.69, 9.17) is 28.9 Å². The molecule has 4 aromatic rings. The first-order valence-electron chi connectivity index (χ1n) is 20.6. The molecule has 0 radical (unpaired) electrons. The molecule has 2 aromatic heterocycles. The minimum Gasteiger partial charge on any atom is -0.493 e. The first-order chi connectivity index (χ1) is 28.8. The Morgan fingerprint density at radius 2 is 1.44 bits per heavy atom. The van der Waals surface area contributed by atoms with Crippen LogP contribution in [0.3, 0.4) is 0 Å². The minimum absolute atomic E-state index is 0.0366. The van der Waals surface area contributed by atoms with Crippen molar-refractivity contribution >= 4 is 24.0 Å². The number of carbonyl (C=O) groups is 4. The number of nitrogens with one attached hydrogen (secondary N) is 4. The van der Waals surface area contributed by atoms with Gasteiger partial charge in [0.15, 0.2) is 0 Å². The summed E-state index contributed by atoms with van der Waals surface area (Å²) in [5.74, 6) is 1.95. The number of likely N-dealkylation sites (tertiary alicyclic amines) is 1. The van der Waals surface area contributed by atoms with E-state index < -0.39 is 18.2 Å². The molecule has 312 valence electrons. The van der Waals surface area contributed by atoms with E-state index in [2.05, 4.69) is 57.0 Å². The van der Waals surface area contributed by atoms with Crippen molar-refractivity contribution in [3.63, 3.8) is 0 Å². The van der Waals surface area contributed by atoms with Gasteiger partial charge < -0.3 is 49.3 Å². The monoisotopic (exact) mass is 808 g/mol. The van der Waals surface area contributed by atoms with Crippen molar-refractivity contribution < 1.29 is 38.1 Å². The van der Waals surface area contributed by atoms with Crippen LogP contribution in [0.5, 0.6) is 5.75 Å². The van der Waals surface area contributed by atoms with E-state index in [1.165, 1.54) is 14.2 Å². The average molecular weight is 809 g/mol. The molecule has 5 heterocycles. The van der Waals surface area contributed by atoms with Gasteiger partial charge in [-0.25, -0.2) is 19.6 Å². The van der Waals surface area contributed by atoms with Crippen molar-refractivity contribution in [2.45, 2.75) is 82.0 Å². The first-order valence-corrected chi connectivity index (χ1v) is 20.6. The fourth-order valence-corrected chi connectivity index (χ4v) is 8.87. The molecule has 3 fully saturated rings. The number of rotatable bonds is 6. The summed E-state index contributed by atoms with van der Waals surface area (Å²) in [7, 11) is 2.62. The van der Waals surface area contributed by atoms with Gasteiger partial charge in [0.05, 0.1) is 63.3 Å². The number of alkyl carbamates (subject to hydrolysis) is 2. The Kier molecular flexibility index (Phi) is 12.1. The smallest absolute Gasteiger partial charge is 0.407 e. The van der Waals surface area contributed by atoms with Gasteiger partial charge in [0.25, 0.3) is 0 Å². The Morgan fingerprint density at radius 3 is 2.25 bits per heavy atom. The number of imidazole rings is 2. The number of fused-ring (bicyclic) bond motifs is 6. The molecule has 0 spiro atoms. The Bertz CT molecular complexity index is 2130. The van der Waals surface area contributed by atoms with E-state index in [1.54, 1.807) is 11.1 Å². The zero-order chi connectivity index (χ0) is 40.9. The fraction of sp³-hybridized carbons (Fsp3) is 0.488. The van der Waals surface area contributed by atoms with Gasteiger partial charge in [-0.05, 0) is 86.6 Å². The number of nitrogens with zero attached hydrogens (tertiary/aromatic N) is 4. The maximum absolute atomic E-state index is 13.7. The van der Waals surface area contributed by atoms with Gasteiger partial charge in [0, 0.05) is 37.2 Å². The minimum atomic E-state index is -0.872. The third kappa shape index (κ3) is 8.77. The molecule has 16 heteroatoms. The molecule has 4 aliphatic rings. The lowest BCUT2D eigenvalue weighted by atomic mass is 10.00. The quantitative estimate of drug-likeness (QED) is 0.182. The van der Waals surface area contributed by atoms with Gasteiger partial charge in [-0.2, -0.15) is 0 Å². The van der Waals surface area contributed by atoms with Crippen LogP contribution in [0.4, 0.5) is 9.59 Å². The second-order valence-corrected chi connectivity index (χ2v) is 15.7. The highest BCUT2D eigenvalue weighted by atomic mass is 16.5. The molecule has 2 aromatic carbocycles. The van der Waals surface area contributed by atoms with Crippen molar-refractivity contribution in [3.8, 4) is 39.4 Å². The fourth-order valence-electron chi connectivity index (χ4n) is 8.87. The third-order valence-corrected chi connectivity index (χ3v) is 12.0. The summed E-state index contributed by atoms with van der Waals surface area (Å²) in [6.45, 7) is 2.14. The highest BCUT2D eigenvalue weighted by Gasteiger charge is 2.40. The molecule has 1 saturated carbocycles. The van der Waals surface area contributed by atoms with Gasteiger partial charge in [0.1, 0.15) is 23.4 Å². The summed E-state index contributed by atoms with van der Waals surface area (Å²) in [6, 6.07) is 13.1. The van der Waals surface area contributed by atoms with Crippen LogP contribution >= 0.6 is 0 Å². The molecule has 2 saturated heterocycles. The van der Waals surface area contributed by atoms with Gasteiger partial charge >= 0.3 is 12.2 Å². The second kappa shape index (κ2) is 17.9. The van der Waals surface area contributed by atoms with Gasteiger partial charge in [-0.3, -0.25) is 9.59 Å². The highest BCUT2D eigenvalue weighted by Crippen LogP contribution is 2.39. The Balaban J connectivity index is 0.972. The molecule has 8 rings (SSSR count). The lowest BCUT2D eigenvalue weighted by molar-refractivity contribution is -0.137. The molecule has 5 atom stereocenters. The maximum atomic E-state index is 13.7. The van der Waals surface area contributed by atoms with Crippen molar-refractivity contribution in [2.75, 3.05) is 47.1 Å². The lowest BCUT2D eigenvalue weighted by Gasteiger charge is -2.28. The molecular weight excluding hydrogens is 757 g/mol. The van der Waals surface area contributed by atoms with Crippen LogP contribution in [-0.2, 0) is 23.8 Å². The van der Waals surface area contributed by atoms with E-state index in [-0.39, 0.29) is 42.5 Å². The second-order valence-electron chi connectivity index (χ2n) is 15.7. The summed E-state index contributed by atoms with van der Waals surface area (Å²) < 4.78 is 21.8. The predicted octanol–water partition coefficient (Wildman–Crippen LogP) is 5.90. The summed E-state index contributed by atoms with van der Waals surface area (Å²) >= 11 is 0. The third-order valence-electron chi connectivity index (χ3n) is 12.0. The van der Waals surface area contributed by atoms with Crippen LogP contribution in [0.2, 0.25) is 0 Å². The molecule has 1 aliphatic carbocycles. The number of amides is 4. The summed E-state index contributed by atoms with van der Waals surface area (Å²) in [5, 5.41) is 5.49. The number of ether oxygens (including phenoxy) is 4. The first kappa shape index (κ1) is 39.9. The topological polar surface area (TPSA) is 193 Å². The lowest BCUT2D eigenvalue weighted by Crippen LogP contribution is -2.50. The van der Waals surface area contributed by atoms with Crippen molar-refractivity contribution in [3.05, 3.63) is 66.5 Å². The van der Waals surface area contributed by atoms with E-state index in [9.17, 15) is 19.2 Å². The summed E-state index contributed by atoms with van der Waals surface area (Å²) in [4.78, 5) is 71.3. The van der Waals surface area contributed by atoms with Crippen LogP contribution < -0.4 is 15.4 Å². The van der Waals surface area contributed by atoms with Gasteiger partial charge in [0.2, 0.25) is 11.8 Å². The number of benzene rings is 2. The van der Waals surface area contributed by atoms with Crippen LogP contribution in [0.25, 0.3) is 33.6 Å². The zero-order valence-corrected chi connectivity index (χ0v) is 33.5. The summed E-state index contributed by atoms with van der Waals surface area (Å²) in [6.07, 6.45) is 9.33.